The second-order valence-electron chi connectivity index (χ2n) is 12.0. The molecule has 0 unspecified atom stereocenters. The molecule has 1 saturated heterocycles. The van der Waals surface area contributed by atoms with Gasteiger partial charge in [-0.2, -0.15) is 5.10 Å². The number of aromatic nitrogens is 3. The second-order valence-corrected chi connectivity index (χ2v) is 12.0. The summed E-state index contributed by atoms with van der Waals surface area (Å²) in [5.41, 5.74) is 1.71. The van der Waals surface area contributed by atoms with Crippen LogP contribution in [0, 0.1) is 12.8 Å². The fraction of sp³-hybridized carbons (Fsp3) is 0.382. The highest BCUT2D eigenvalue weighted by Gasteiger charge is 2.41. The maximum absolute atomic E-state index is 14.0. The van der Waals surface area contributed by atoms with Crippen molar-refractivity contribution in [1.29, 1.82) is 0 Å². The molecule has 1 aliphatic heterocycles. The molecule has 45 heavy (non-hydrogen) atoms. The van der Waals surface area contributed by atoms with E-state index in [-0.39, 0.29) is 26.1 Å². The third-order valence-corrected chi connectivity index (χ3v) is 7.34. The van der Waals surface area contributed by atoms with Gasteiger partial charge in [-0.1, -0.05) is 30.3 Å². The summed E-state index contributed by atoms with van der Waals surface area (Å²) in [6, 6.07) is 18.2. The van der Waals surface area contributed by atoms with Crippen LogP contribution in [-0.2, 0) is 25.5 Å². The van der Waals surface area contributed by atoms with Crippen LogP contribution >= 0.6 is 0 Å². The van der Waals surface area contributed by atoms with Gasteiger partial charge in [0.2, 0.25) is 5.91 Å². The molecule has 1 aliphatic rings. The van der Waals surface area contributed by atoms with Crippen LogP contribution in [0.4, 0.5) is 4.79 Å². The molecule has 236 valence electrons. The van der Waals surface area contributed by atoms with Crippen molar-refractivity contribution in [3.05, 3.63) is 78.1 Å². The predicted octanol–water partition coefficient (Wildman–Crippen LogP) is 5.44. The van der Waals surface area contributed by atoms with Crippen LogP contribution in [0.2, 0.25) is 0 Å². The Morgan fingerprint density at radius 1 is 1.09 bits per heavy atom. The summed E-state index contributed by atoms with van der Waals surface area (Å²) >= 11 is 0. The van der Waals surface area contributed by atoms with Crippen LogP contribution in [0.5, 0.6) is 11.5 Å². The SMILES string of the molecule is COc1ccc2c(OCC[C@H](CC(=O)OC(C)(C)C)C(=O)N3C(=O)OC[C@@H]3Cc3ccccc3)cc(-n3ccc(C)n3)nc2c1. The van der Waals surface area contributed by atoms with Gasteiger partial charge in [-0.25, -0.2) is 19.4 Å². The number of hydrogen-bond donors (Lipinski definition) is 0. The Morgan fingerprint density at radius 3 is 2.56 bits per heavy atom. The second kappa shape index (κ2) is 13.4. The van der Waals surface area contributed by atoms with Gasteiger partial charge in [-0.15, -0.1) is 0 Å². The van der Waals surface area contributed by atoms with Crippen molar-refractivity contribution in [3.63, 3.8) is 0 Å². The zero-order valence-electron chi connectivity index (χ0n) is 26.2. The molecule has 2 atom stereocenters. The van der Waals surface area contributed by atoms with Crippen molar-refractivity contribution in [2.24, 2.45) is 5.92 Å². The van der Waals surface area contributed by atoms with Gasteiger partial charge in [-0.3, -0.25) is 9.59 Å². The van der Waals surface area contributed by atoms with Crippen molar-refractivity contribution in [2.45, 2.75) is 58.6 Å². The van der Waals surface area contributed by atoms with E-state index in [0.29, 0.717) is 29.3 Å². The highest BCUT2D eigenvalue weighted by atomic mass is 16.6. The number of nitrogens with zero attached hydrogens (tertiary/aromatic N) is 4. The van der Waals surface area contributed by atoms with Crippen molar-refractivity contribution in [1.82, 2.24) is 19.7 Å². The van der Waals surface area contributed by atoms with Gasteiger partial charge in [-0.05, 0) is 64.3 Å². The molecule has 0 bridgehead atoms. The lowest BCUT2D eigenvalue weighted by molar-refractivity contribution is -0.158. The van der Waals surface area contributed by atoms with Gasteiger partial charge < -0.3 is 18.9 Å². The first-order valence-electron chi connectivity index (χ1n) is 14.9. The van der Waals surface area contributed by atoms with Crippen LogP contribution < -0.4 is 9.47 Å². The van der Waals surface area contributed by atoms with E-state index in [1.54, 1.807) is 38.6 Å². The lowest BCUT2D eigenvalue weighted by Gasteiger charge is -2.26. The van der Waals surface area contributed by atoms with E-state index < -0.39 is 35.5 Å². The summed E-state index contributed by atoms with van der Waals surface area (Å²) in [6.45, 7) is 7.34. The molecule has 2 aromatic carbocycles. The molecular weight excluding hydrogens is 576 g/mol. The molecule has 2 aromatic heterocycles. The number of fused-ring (bicyclic) bond motifs is 1. The molecule has 2 amide bonds. The van der Waals surface area contributed by atoms with Crippen molar-refractivity contribution in [2.75, 3.05) is 20.3 Å². The van der Waals surface area contributed by atoms with Gasteiger partial charge in [0.15, 0.2) is 5.82 Å². The van der Waals surface area contributed by atoms with Gasteiger partial charge in [0.25, 0.3) is 0 Å². The molecule has 3 heterocycles. The largest absolute Gasteiger partial charge is 0.497 e. The predicted molar refractivity (Wildman–Crippen MR) is 166 cm³/mol. The van der Waals surface area contributed by atoms with E-state index >= 15 is 0 Å². The lowest BCUT2D eigenvalue weighted by atomic mass is 9.98. The Balaban J connectivity index is 1.39. The summed E-state index contributed by atoms with van der Waals surface area (Å²) in [4.78, 5) is 45.6. The average molecular weight is 615 g/mol. The van der Waals surface area contributed by atoms with E-state index in [1.807, 2.05) is 67.7 Å². The van der Waals surface area contributed by atoms with E-state index in [4.69, 9.17) is 23.9 Å². The number of cyclic esters (lactones) is 1. The molecule has 0 radical (unpaired) electrons. The normalized spacial score (nSPS) is 15.5. The Morgan fingerprint density at radius 2 is 1.87 bits per heavy atom. The molecule has 0 aliphatic carbocycles. The first-order chi connectivity index (χ1) is 21.5. The standard InChI is InChI=1S/C34H38N4O7/c1-22-13-15-37(36-22)30-20-29(27-12-11-26(42-5)19-28(27)35-30)43-16-14-24(18-31(39)45-34(2,3)4)32(40)38-25(21-44-33(38)41)17-23-9-7-6-8-10-23/h6-13,15,19-20,24-25H,14,16-18,21H2,1-5H3/t24-,25+/m1/s1. The zero-order chi connectivity index (χ0) is 32.1. The number of hydrogen-bond acceptors (Lipinski definition) is 9. The van der Waals surface area contributed by atoms with Gasteiger partial charge in [0.1, 0.15) is 23.7 Å². The highest BCUT2D eigenvalue weighted by Crippen LogP contribution is 2.31. The number of methoxy groups -OCH3 is 1. The van der Waals surface area contributed by atoms with E-state index in [9.17, 15) is 14.4 Å². The summed E-state index contributed by atoms with van der Waals surface area (Å²) < 4.78 is 24.2. The number of esters is 1. The van der Waals surface area contributed by atoms with Crippen molar-refractivity contribution < 1.29 is 33.3 Å². The van der Waals surface area contributed by atoms with E-state index in [1.165, 1.54) is 0 Å². The smallest absolute Gasteiger partial charge is 0.416 e. The molecule has 5 rings (SSSR count). The molecule has 11 nitrogen and oxygen atoms in total. The van der Waals surface area contributed by atoms with E-state index in [0.717, 1.165) is 21.5 Å². The quantitative estimate of drug-likeness (QED) is 0.203. The van der Waals surface area contributed by atoms with Gasteiger partial charge in [0, 0.05) is 23.7 Å². The first kappa shape index (κ1) is 31.5. The molecule has 1 fully saturated rings. The summed E-state index contributed by atoms with van der Waals surface area (Å²) in [5, 5.41) is 5.22. The van der Waals surface area contributed by atoms with Crippen LogP contribution in [0.15, 0.2) is 66.9 Å². The minimum atomic E-state index is -0.884. The maximum Gasteiger partial charge on any atom is 0.416 e. The average Bonchev–Trinajstić information content (AvgIpc) is 3.60. The fourth-order valence-corrected chi connectivity index (χ4v) is 5.24. The van der Waals surface area contributed by atoms with E-state index in [2.05, 4.69) is 5.10 Å². The molecule has 4 aromatic rings. The molecule has 0 spiro atoms. The Hall–Kier alpha value is -4.93. The van der Waals surface area contributed by atoms with Crippen LogP contribution in [0.25, 0.3) is 16.7 Å². The number of carbonyl (C=O) groups is 3. The molecule has 11 heteroatoms. The van der Waals surface area contributed by atoms with Crippen LogP contribution in [0.1, 0.15) is 44.9 Å². The topological polar surface area (TPSA) is 122 Å². The highest BCUT2D eigenvalue weighted by molar-refractivity contribution is 5.96. The Kier molecular flexibility index (Phi) is 9.36. The number of benzene rings is 2. The number of ether oxygens (including phenoxy) is 4. The van der Waals surface area contributed by atoms with Crippen molar-refractivity contribution >= 4 is 28.9 Å². The molecular formula is C34H38N4O7. The summed E-state index contributed by atoms with van der Waals surface area (Å²) in [5.74, 6) is -0.207. The van der Waals surface area contributed by atoms with Crippen LogP contribution in [0.3, 0.4) is 0 Å². The molecule has 0 N–H and O–H groups in total. The third-order valence-electron chi connectivity index (χ3n) is 7.34. The minimum absolute atomic E-state index is 0.0775. The number of pyridine rings is 1. The first-order valence-corrected chi connectivity index (χ1v) is 14.9. The van der Waals surface area contributed by atoms with Gasteiger partial charge >= 0.3 is 12.1 Å². The third kappa shape index (κ3) is 7.78. The van der Waals surface area contributed by atoms with Gasteiger partial charge in [0.05, 0.1) is 43.3 Å². The van der Waals surface area contributed by atoms with Crippen LogP contribution in [-0.4, -0.2) is 69.6 Å². The monoisotopic (exact) mass is 614 g/mol. The fourth-order valence-electron chi connectivity index (χ4n) is 5.24. The number of aryl methyl sites for hydroxylation is 1. The minimum Gasteiger partial charge on any atom is -0.497 e. The Bertz CT molecular complexity index is 1680. The summed E-state index contributed by atoms with van der Waals surface area (Å²) in [7, 11) is 1.58. The molecule has 0 saturated carbocycles. The number of imide groups is 1. The Labute approximate surface area is 262 Å². The number of carbonyl (C=O) groups excluding carboxylic acids is 3. The number of amides is 2. The van der Waals surface area contributed by atoms with Crippen molar-refractivity contribution in [3.8, 4) is 17.3 Å². The number of rotatable bonds is 11. The lowest BCUT2D eigenvalue weighted by Crippen LogP contribution is -2.44. The maximum atomic E-state index is 14.0. The zero-order valence-corrected chi connectivity index (χ0v) is 26.2. The summed E-state index contributed by atoms with van der Waals surface area (Å²) in [6.07, 6.45) is 1.47.